The molecule has 172 valence electrons. The maximum absolute atomic E-state index is 13.5. The van der Waals surface area contributed by atoms with Crippen LogP contribution in [-0.2, 0) is 16.1 Å². The predicted molar refractivity (Wildman–Crippen MR) is 126 cm³/mol. The van der Waals surface area contributed by atoms with E-state index in [1.54, 1.807) is 10.8 Å². The van der Waals surface area contributed by atoms with Crippen molar-refractivity contribution in [3.8, 4) is 0 Å². The van der Waals surface area contributed by atoms with Crippen molar-refractivity contribution in [3.05, 3.63) is 64.6 Å². The quantitative estimate of drug-likeness (QED) is 0.624. The third-order valence-electron chi connectivity index (χ3n) is 6.56. The molecule has 0 radical (unpaired) electrons. The molecule has 1 atom stereocenters. The van der Waals surface area contributed by atoms with Gasteiger partial charge in [-0.1, -0.05) is 30.3 Å². The lowest BCUT2D eigenvalue weighted by atomic mass is 9.96. The average Bonchev–Trinajstić information content (AvgIpc) is 3.39. The summed E-state index contributed by atoms with van der Waals surface area (Å²) >= 11 is 0. The summed E-state index contributed by atoms with van der Waals surface area (Å²) in [5.41, 5.74) is 2.16. The van der Waals surface area contributed by atoms with E-state index in [0.717, 1.165) is 25.0 Å². The van der Waals surface area contributed by atoms with Crippen molar-refractivity contribution in [1.82, 2.24) is 19.9 Å². The second-order valence-corrected chi connectivity index (χ2v) is 8.80. The Balaban J connectivity index is 1.32. The first-order valence-electron chi connectivity index (χ1n) is 11.7. The number of piperidine rings is 1. The van der Waals surface area contributed by atoms with Crippen molar-refractivity contribution in [3.63, 3.8) is 0 Å². The topological polar surface area (TPSA) is 89.3 Å². The molecule has 33 heavy (non-hydrogen) atoms. The lowest BCUT2D eigenvalue weighted by Crippen LogP contribution is -2.44. The van der Waals surface area contributed by atoms with Gasteiger partial charge in [0.2, 0.25) is 5.91 Å². The van der Waals surface area contributed by atoms with Crippen LogP contribution in [0.5, 0.6) is 0 Å². The van der Waals surface area contributed by atoms with Crippen LogP contribution in [0.25, 0.3) is 11.2 Å². The number of hydrogen-bond acceptors (Lipinski definition) is 6. The van der Waals surface area contributed by atoms with E-state index < -0.39 is 0 Å². The Morgan fingerprint density at radius 1 is 1.09 bits per heavy atom. The number of rotatable bonds is 6. The van der Waals surface area contributed by atoms with Crippen molar-refractivity contribution in [2.24, 2.45) is 5.92 Å². The molecule has 2 aliphatic rings. The fourth-order valence-corrected chi connectivity index (χ4v) is 4.70. The molecule has 2 aliphatic heterocycles. The molecule has 2 fully saturated rings. The first kappa shape index (κ1) is 21.6. The molecule has 0 aliphatic carbocycles. The van der Waals surface area contributed by atoms with Gasteiger partial charge in [0.1, 0.15) is 5.52 Å². The Morgan fingerprint density at radius 2 is 1.91 bits per heavy atom. The Morgan fingerprint density at radius 3 is 2.67 bits per heavy atom. The zero-order valence-corrected chi connectivity index (χ0v) is 18.7. The van der Waals surface area contributed by atoms with Crippen molar-refractivity contribution in [1.29, 1.82) is 0 Å². The van der Waals surface area contributed by atoms with Crippen molar-refractivity contribution in [2.75, 3.05) is 31.1 Å². The number of carbonyl (C=O) groups is 1. The van der Waals surface area contributed by atoms with E-state index in [4.69, 9.17) is 4.74 Å². The summed E-state index contributed by atoms with van der Waals surface area (Å²) in [6, 6.07) is 13.6. The largest absolute Gasteiger partial charge is 0.376 e. The van der Waals surface area contributed by atoms with Crippen LogP contribution in [0.15, 0.2) is 53.5 Å². The molecule has 1 unspecified atom stereocenters. The summed E-state index contributed by atoms with van der Waals surface area (Å²) in [5.74, 6) is 0.475. The Bertz CT molecular complexity index is 1170. The van der Waals surface area contributed by atoms with Crippen LogP contribution in [0.1, 0.15) is 31.2 Å². The Kier molecular flexibility index (Phi) is 6.35. The lowest BCUT2D eigenvalue weighted by Gasteiger charge is -2.32. The fourth-order valence-electron chi connectivity index (χ4n) is 4.70. The second kappa shape index (κ2) is 9.70. The van der Waals surface area contributed by atoms with Crippen LogP contribution in [0.4, 0.5) is 5.82 Å². The van der Waals surface area contributed by atoms with Crippen LogP contribution in [-0.4, -0.2) is 52.8 Å². The van der Waals surface area contributed by atoms with Crippen molar-refractivity contribution < 1.29 is 9.53 Å². The van der Waals surface area contributed by atoms with E-state index in [-0.39, 0.29) is 23.5 Å². The van der Waals surface area contributed by atoms with Crippen LogP contribution < -0.4 is 15.8 Å². The van der Waals surface area contributed by atoms with Crippen LogP contribution >= 0.6 is 0 Å². The SMILES string of the molecule is O=C(NCC1CCCO1)C1CCN(c2nc3cccnc3n(Cc3ccccc3)c2=O)CC1. The Labute approximate surface area is 192 Å². The molecule has 3 aromatic rings. The maximum Gasteiger partial charge on any atom is 0.295 e. The smallest absolute Gasteiger partial charge is 0.295 e. The predicted octanol–water partition coefficient (Wildman–Crippen LogP) is 2.35. The molecule has 0 spiro atoms. The number of carbonyl (C=O) groups excluding carboxylic acids is 1. The number of amides is 1. The van der Waals surface area contributed by atoms with Crippen molar-refractivity contribution >= 4 is 22.9 Å². The van der Waals surface area contributed by atoms with Gasteiger partial charge in [0.25, 0.3) is 5.56 Å². The summed E-state index contributed by atoms with van der Waals surface area (Å²) in [4.78, 5) is 37.2. The fraction of sp³-hybridized carbons (Fsp3) is 0.440. The average molecular weight is 448 g/mol. The molecule has 1 aromatic carbocycles. The molecule has 4 heterocycles. The molecule has 0 bridgehead atoms. The lowest BCUT2D eigenvalue weighted by molar-refractivity contribution is -0.126. The molecular formula is C25H29N5O3. The molecule has 5 rings (SSSR count). The zero-order valence-electron chi connectivity index (χ0n) is 18.7. The number of fused-ring (bicyclic) bond motifs is 1. The van der Waals surface area contributed by atoms with Crippen molar-refractivity contribution in [2.45, 2.75) is 38.3 Å². The van der Waals surface area contributed by atoms with E-state index in [2.05, 4.69) is 15.3 Å². The number of nitrogens with one attached hydrogen (secondary N) is 1. The summed E-state index contributed by atoms with van der Waals surface area (Å²) < 4.78 is 7.30. The normalized spacial score (nSPS) is 19.2. The number of anilines is 1. The summed E-state index contributed by atoms with van der Waals surface area (Å²) in [6.45, 7) is 3.05. The monoisotopic (exact) mass is 447 g/mol. The van der Waals surface area contributed by atoms with Crippen LogP contribution in [0, 0.1) is 5.92 Å². The van der Waals surface area contributed by atoms with Gasteiger partial charge in [0, 0.05) is 38.4 Å². The molecule has 8 nitrogen and oxygen atoms in total. The molecule has 8 heteroatoms. The molecule has 1 amide bonds. The van der Waals surface area contributed by atoms with Gasteiger partial charge >= 0.3 is 0 Å². The first-order chi connectivity index (χ1) is 16.2. The number of aromatic nitrogens is 3. The van der Waals surface area contributed by atoms with E-state index in [0.29, 0.717) is 56.0 Å². The van der Waals surface area contributed by atoms with E-state index >= 15 is 0 Å². The van der Waals surface area contributed by atoms with E-state index in [9.17, 15) is 9.59 Å². The number of nitrogens with zero attached hydrogens (tertiary/aromatic N) is 4. The minimum Gasteiger partial charge on any atom is -0.376 e. The molecule has 2 aromatic heterocycles. The van der Waals surface area contributed by atoms with Crippen LogP contribution in [0.2, 0.25) is 0 Å². The highest BCUT2D eigenvalue weighted by atomic mass is 16.5. The maximum atomic E-state index is 13.5. The number of ether oxygens (including phenoxy) is 1. The minimum atomic E-state index is -0.147. The molecular weight excluding hydrogens is 418 g/mol. The number of benzene rings is 1. The highest BCUT2D eigenvalue weighted by Crippen LogP contribution is 2.22. The number of pyridine rings is 1. The second-order valence-electron chi connectivity index (χ2n) is 8.80. The van der Waals surface area contributed by atoms with Gasteiger partial charge in [-0.25, -0.2) is 9.97 Å². The molecule has 0 saturated carbocycles. The van der Waals surface area contributed by atoms with Gasteiger partial charge in [-0.05, 0) is 43.4 Å². The third kappa shape index (κ3) is 4.75. The van der Waals surface area contributed by atoms with Gasteiger partial charge in [-0.3, -0.25) is 14.2 Å². The van der Waals surface area contributed by atoms with Gasteiger partial charge in [-0.2, -0.15) is 0 Å². The third-order valence-corrected chi connectivity index (χ3v) is 6.56. The molecule has 1 N–H and O–H groups in total. The zero-order chi connectivity index (χ0) is 22.6. The van der Waals surface area contributed by atoms with Gasteiger partial charge in [0.15, 0.2) is 11.5 Å². The summed E-state index contributed by atoms with van der Waals surface area (Å²) in [5, 5.41) is 3.05. The summed E-state index contributed by atoms with van der Waals surface area (Å²) in [7, 11) is 0. The highest BCUT2D eigenvalue weighted by molar-refractivity contribution is 5.79. The highest BCUT2D eigenvalue weighted by Gasteiger charge is 2.28. The summed E-state index contributed by atoms with van der Waals surface area (Å²) in [6.07, 6.45) is 5.30. The van der Waals surface area contributed by atoms with Crippen LogP contribution in [0.3, 0.4) is 0 Å². The molecule has 2 saturated heterocycles. The first-order valence-corrected chi connectivity index (χ1v) is 11.7. The standard InChI is InChI=1S/C25H29N5O3/c31-24(27-16-20-8-5-15-33-20)19-10-13-29(14-11-19)23-25(32)30(17-18-6-2-1-3-7-18)22-21(28-23)9-4-12-26-22/h1-4,6-7,9,12,19-20H,5,8,10-11,13-17H2,(H,27,31). The minimum absolute atomic E-state index is 0.0451. The van der Waals surface area contributed by atoms with Gasteiger partial charge in [-0.15, -0.1) is 0 Å². The Hall–Kier alpha value is -3.26. The van der Waals surface area contributed by atoms with Gasteiger partial charge < -0.3 is 15.0 Å². The van der Waals surface area contributed by atoms with Gasteiger partial charge in [0.05, 0.1) is 12.6 Å². The van der Waals surface area contributed by atoms with E-state index in [1.807, 2.05) is 47.4 Å². The number of hydrogen-bond donors (Lipinski definition) is 1. The van der Waals surface area contributed by atoms with E-state index in [1.165, 1.54) is 0 Å².